The van der Waals surface area contributed by atoms with Crippen LogP contribution in [0.4, 0.5) is 0 Å². The third-order valence-corrected chi connectivity index (χ3v) is 16.0. The first-order valence-corrected chi connectivity index (χ1v) is 34.5. The molecule has 0 rings (SSSR count). The van der Waals surface area contributed by atoms with E-state index in [-0.39, 0.29) is 25.7 Å². The first-order chi connectivity index (χ1) is 37.9. The summed E-state index contributed by atoms with van der Waals surface area (Å²) in [4.78, 5) is 71.6. The maximum absolute atomic E-state index is 12.9. The van der Waals surface area contributed by atoms with Gasteiger partial charge in [0.25, 0.3) is 0 Å². The number of rotatable bonds is 59. The Morgan fingerprint density at radius 2 is 0.646 bits per heavy atom. The summed E-state index contributed by atoms with van der Waals surface area (Å²) >= 11 is 0. The number of hydrogen-bond acceptors (Lipinski definition) is 15. The molecule has 3 N–H and O–H groups in total. The van der Waals surface area contributed by atoms with Gasteiger partial charge in [0.05, 0.1) is 26.4 Å². The molecule has 468 valence electrons. The fourth-order valence-electron chi connectivity index (χ4n) is 8.79. The Balaban J connectivity index is 5.13. The van der Waals surface area contributed by atoms with Crippen LogP contribution in [0.2, 0.25) is 0 Å². The van der Waals surface area contributed by atoms with Crippen molar-refractivity contribution in [1.82, 2.24) is 0 Å². The van der Waals surface area contributed by atoms with Gasteiger partial charge < -0.3 is 33.8 Å². The molecule has 0 heterocycles. The summed E-state index contributed by atoms with van der Waals surface area (Å²) in [6, 6.07) is 0. The molecule has 0 saturated carbocycles. The molecule has 0 aromatic rings. The lowest BCUT2D eigenvalue weighted by atomic mass is 10.00. The largest absolute Gasteiger partial charge is 0.472 e. The Bertz CT molecular complexity index is 1570. The minimum absolute atomic E-state index is 0.102. The molecule has 0 aliphatic heterocycles. The van der Waals surface area contributed by atoms with Crippen LogP contribution in [0.15, 0.2) is 0 Å². The van der Waals surface area contributed by atoms with Crippen molar-refractivity contribution in [3.63, 3.8) is 0 Å². The number of carbonyl (C=O) groups is 4. The van der Waals surface area contributed by atoms with Crippen molar-refractivity contribution >= 4 is 39.5 Å². The third-order valence-electron chi connectivity index (χ3n) is 14.1. The zero-order chi connectivity index (χ0) is 58.7. The minimum atomic E-state index is -4.94. The van der Waals surface area contributed by atoms with Crippen molar-refractivity contribution in [1.29, 1.82) is 0 Å². The Morgan fingerprint density at radius 3 is 0.962 bits per heavy atom. The number of phosphoric acid groups is 2. The molecule has 0 radical (unpaired) electrons. The fraction of sp³-hybridized carbons (Fsp3) is 0.933. The molecular weight excluding hydrogens is 1050 g/mol. The van der Waals surface area contributed by atoms with E-state index in [1.54, 1.807) is 0 Å². The quantitative estimate of drug-likeness (QED) is 0.0222. The highest BCUT2D eigenvalue weighted by atomic mass is 31.2. The third kappa shape index (κ3) is 53.8. The average molecular weight is 1170 g/mol. The van der Waals surface area contributed by atoms with Crippen LogP contribution in [0.5, 0.6) is 0 Å². The number of unbranched alkanes of at least 4 members (excludes halogenated alkanes) is 28. The lowest BCUT2D eigenvalue weighted by Gasteiger charge is -2.21. The molecule has 79 heavy (non-hydrogen) atoms. The summed E-state index contributed by atoms with van der Waals surface area (Å²) in [5.74, 6) is -0.630. The fourth-order valence-corrected chi connectivity index (χ4v) is 10.4. The highest BCUT2D eigenvalue weighted by Gasteiger charge is 2.30. The average Bonchev–Trinajstić information content (AvgIpc) is 3.41. The summed E-state index contributed by atoms with van der Waals surface area (Å²) in [5, 5.41) is 10.5. The van der Waals surface area contributed by atoms with Crippen molar-refractivity contribution < 1.29 is 80.2 Å². The predicted molar refractivity (Wildman–Crippen MR) is 312 cm³/mol. The molecule has 0 amide bonds. The monoisotopic (exact) mass is 1170 g/mol. The topological polar surface area (TPSA) is 237 Å². The van der Waals surface area contributed by atoms with Gasteiger partial charge >= 0.3 is 39.5 Å². The van der Waals surface area contributed by atoms with Crippen LogP contribution in [0.1, 0.15) is 292 Å². The van der Waals surface area contributed by atoms with Crippen LogP contribution in [-0.4, -0.2) is 96.7 Å². The van der Waals surface area contributed by atoms with Gasteiger partial charge in [0, 0.05) is 25.7 Å². The zero-order valence-corrected chi connectivity index (χ0v) is 52.4. The molecule has 6 atom stereocenters. The van der Waals surface area contributed by atoms with Gasteiger partial charge in [0.1, 0.15) is 19.3 Å². The van der Waals surface area contributed by atoms with Crippen LogP contribution >= 0.6 is 15.6 Å². The Kier molecular flexibility index (Phi) is 51.5. The van der Waals surface area contributed by atoms with E-state index >= 15 is 0 Å². The van der Waals surface area contributed by atoms with Crippen molar-refractivity contribution in [2.45, 2.75) is 310 Å². The molecule has 0 aliphatic carbocycles. The molecule has 0 aromatic heterocycles. The van der Waals surface area contributed by atoms with Gasteiger partial charge in [-0.2, -0.15) is 0 Å². The number of phosphoric ester groups is 2. The SMILES string of the molecule is CCCCCCCCCC(=O)O[C@H](COC(=O)CCCCCCC)COP(=O)(O)OC[C@H](O)COP(=O)(O)OC[C@@H](COC(=O)CCCCCCCCC(C)CC)OC(=O)CCCCCCCCCCCCCCCCC(C)C. The number of aliphatic hydroxyl groups is 1. The second-order valence-corrected chi connectivity index (χ2v) is 25.4. The van der Waals surface area contributed by atoms with Crippen LogP contribution < -0.4 is 0 Å². The van der Waals surface area contributed by atoms with E-state index < -0.39 is 97.5 Å². The predicted octanol–water partition coefficient (Wildman–Crippen LogP) is 16.1. The van der Waals surface area contributed by atoms with Crippen LogP contribution in [-0.2, 0) is 65.4 Å². The van der Waals surface area contributed by atoms with Crippen molar-refractivity contribution in [2.24, 2.45) is 11.8 Å². The molecular formula is C60H116O17P2. The number of carbonyl (C=O) groups excluding carboxylic acids is 4. The van der Waals surface area contributed by atoms with Crippen molar-refractivity contribution in [2.75, 3.05) is 39.6 Å². The maximum Gasteiger partial charge on any atom is 0.472 e. The minimum Gasteiger partial charge on any atom is -0.462 e. The molecule has 0 saturated heterocycles. The first kappa shape index (κ1) is 77.1. The molecule has 19 heteroatoms. The summed E-state index contributed by atoms with van der Waals surface area (Å²) in [5.41, 5.74) is 0. The van der Waals surface area contributed by atoms with E-state index in [1.165, 1.54) is 83.5 Å². The molecule has 17 nitrogen and oxygen atoms in total. The maximum atomic E-state index is 12.9. The lowest BCUT2D eigenvalue weighted by molar-refractivity contribution is -0.161. The van der Waals surface area contributed by atoms with Gasteiger partial charge in [0.15, 0.2) is 12.2 Å². The van der Waals surface area contributed by atoms with Crippen LogP contribution in [0.25, 0.3) is 0 Å². The van der Waals surface area contributed by atoms with E-state index in [0.29, 0.717) is 25.7 Å². The smallest absolute Gasteiger partial charge is 0.462 e. The lowest BCUT2D eigenvalue weighted by Crippen LogP contribution is -2.30. The van der Waals surface area contributed by atoms with E-state index in [1.807, 2.05) is 0 Å². The summed E-state index contributed by atoms with van der Waals surface area (Å²) in [6.07, 6.45) is 34.0. The number of ether oxygens (including phenoxy) is 4. The Labute approximate surface area is 479 Å². The van der Waals surface area contributed by atoms with Crippen LogP contribution in [0, 0.1) is 11.8 Å². The molecule has 0 aromatic carbocycles. The summed E-state index contributed by atoms with van der Waals surface area (Å²) in [7, 11) is -9.86. The standard InChI is InChI=1S/C60H116O17P2/c1-7-10-12-14-23-32-38-44-59(64)76-55(48-70-57(62)42-36-28-13-11-8-2)50-74-78(66,67)72-46-54(61)47-73-79(68,69)75-51-56(49-71-58(63)43-37-31-27-26-30-35-41-53(6)9-3)77-60(65)45-39-33-25-22-20-18-16-15-17-19-21-24-29-34-40-52(4)5/h52-56,61H,7-51H2,1-6H3,(H,66,67)(H,68,69)/t53?,54-,55+,56+/m0/s1. The van der Waals surface area contributed by atoms with Gasteiger partial charge in [0.2, 0.25) is 0 Å². The summed E-state index contributed by atoms with van der Waals surface area (Å²) < 4.78 is 67.5. The molecule has 0 aliphatic rings. The van der Waals surface area contributed by atoms with Gasteiger partial charge in [-0.15, -0.1) is 0 Å². The molecule has 0 fully saturated rings. The van der Waals surface area contributed by atoms with E-state index in [0.717, 1.165) is 127 Å². The normalized spacial score (nSPS) is 14.8. The Morgan fingerprint density at radius 1 is 0.367 bits per heavy atom. The van der Waals surface area contributed by atoms with Gasteiger partial charge in [-0.3, -0.25) is 37.3 Å². The highest BCUT2D eigenvalue weighted by molar-refractivity contribution is 7.47. The van der Waals surface area contributed by atoms with E-state index in [9.17, 15) is 43.2 Å². The van der Waals surface area contributed by atoms with Crippen molar-refractivity contribution in [3.8, 4) is 0 Å². The van der Waals surface area contributed by atoms with Gasteiger partial charge in [-0.25, -0.2) is 9.13 Å². The molecule has 0 bridgehead atoms. The second-order valence-electron chi connectivity index (χ2n) is 22.5. The number of aliphatic hydroxyl groups excluding tert-OH is 1. The zero-order valence-electron chi connectivity index (χ0n) is 50.7. The van der Waals surface area contributed by atoms with Crippen molar-refractivity contribution in [3.05, 3.63) is 0 Å². The number of hydrogen-bond donors (Lipinski definition) is 3. The Hall–Kier alpha value is -1.94. The van der Waals surface area contributed by atoms with E-state index in [4.69, 9.17) is 37.0 Å². The van der Waals surface area contributed by atoms with Gasteiger partial charge in [-0.1, -0.05) is 241 Å². The first-order valence-electron chi connectivity index (χ1n) is 31.5. The summed E-state index contributed by atoms with van der Waals surface area (Å²) in [6.45, 7) is 9.31. The number of esters is 4. The second kappa shape index (κ2) is 52.8. The van der Waals surface area contributed by atoms with Gasteiger partial charge in [-0.05, 0) is 37.5 Å². The highest BCUT2D eigenvalue weighted by Crippen LogP contribution is 2.45. The molecule has 0 spiro atoms. The van der Waals surface area contributed by atoms with Crippen LogP contribution in [0.3, 0.4) is 0 Å². The molecule has 3 unspecified atom stereocenters. The van der Waals surface area contributed by atoms with E-state index in [2.05, 4.69) is 41.5 Å².